The highest BCUT2D eigenvalue weighted by Crippen LogP contribution is 2.32. The zero-order valence-corrected chi connectivity index (χ0v) is 11.0. The monoisotopic (exact) mass is 294 g/mol. The number of ether oxygens (including phenoxy) is 2. The maximum atomic E-state index is 10.8. The summed E-state index contributed by atoms with van der Waals surface area (Å²) in [6, 6.07) is 4.79. The number of benzene rings is 1. The second-order valence-electron chi connectivity index (χ2n) is 4.01. The molecule has 1 aromatic heterocycles. The minimum absolute atomic E-state index is 0.222. The van der Waals surface area contributed by atoms with Crippen molar-refractivity contribution in [1.82, 2.24) is 9.55 Å². The van der Waals surface area contributed by atoms with Gasteiger partial charge >= 0.3 is 5.97 Å². The Morgan fingerprint density at radius 1 is 1.19 bits per heavy atom. The summed E-state index contributed by atoms with van der Waals surface area (Å²) in [7, 11) is 0. The first-order valence-electron chi connectivity index (χ1n) is 5.99. The molecule has 0 fully saturated rings. The van der Waals surface area contributed by atoms with Crippen molar-refractivity contribution >= 4 is 5.97 Å². The molecule has 8 nitrogen and oxygen atoms in total. The molecule has 0 aliphatic carbocycles. The lowest BCUT2D eigenvalue weighted by Crippen LogP contribution is -2.09. The number of imidazole rings is 1. The molecule has 0 aliphatic rings. The highest BCUT2D eigenvalue weighted by Gasteiger charge is 2.12. The molecule has 8 heteroatoms. The molecule has 112 valence electrons. The van der Waals surface area contributed by atoms with E-state index >= 15 is 0 Å². The van der Waals surface area contributed by atoms with Crippen molar-refractivity contribution in [3.63, 3.8) is 0 Å². The number of aliphatic hydroxyl groups excluding tert-OH is 2. The van der Waals surface area contributed by atoms with Gasteiger partial charge in [-0.2, -0.15) is 0 Å². The number of aromatic nitrogens is 2. The van der Waals surface area contributed by atoms with Gasteiger partial charge in [0, 0.05) is 5.56 Å². The topological polar surface area (TPSA) is 114 Å². The highest BCUT2D eigenvalue weighted by molar-refractivity contribution is 5.69. The zero-order valence-electron chi connectivity index (χ0n) is 11.0. The van der Waals surface area contributed by atoms with Crippen molar-refractivity contribution in [1.29, 1.82) is 0 Å². The summed E-state index contributed by atoms with van der Waals surface area (Å²) in [6.07, 6.45) is 2.93. The number of aliphatic hydroxyl groups is 2. The Morgan fingerprint density at radius 2 is 1.90 bits per heavy atom. The van der Waals surface area contributed by atoms with E-state index in [-0.39, 0.29) is 18.0 Å². The number of carboxylic acid groups (broad SMARTS) is 1. The second-order valence-corrected chi connectivity index (χ2v) is 4.01. The number of carbonyl (C=O) groups is 1. The minimum Gasteiger partial charge on any atom is -0.480 e. The zero-order chi connectivity index (χ0) is 15.2. The van der Waals surface area contributed by atoms with Crippen LogP contribution in [0, 0.1) is 0 Å². The van der Waals surface area contributed by atoms with Crippen molar-refractivity contribution in [2.75, 3.05) is 13.6 Å². The molecule has 0 saturated carbocycles. The fourth-order valence-corrected chi connectivity index (χ4v) is 1.87. The Bertz CT molecular complexity index is 625. The van der Waals surface area contributed by atoms with Crippen LogP contribution in [0.25, 0.3) is 11.3 Å². The lowest BCUT2D eigenvalue weighted by atomic mass is 10.1. The SMILES string of the molecule is O=C(O)Cn1cncc1-c1ccc(OCO)c(OCO)c1. The van der Waals surface area contributed by atoms with Gasteiger partial charge in [0.25, 0.3) is 0 Å². The van der Waals surface area contributed by atoms with Gasteiger partial charge in [-0.3, -0.25) is 4.79 Å². The van der Waals surface area contributed by atoms with E-state index in [1.54, 1.807) is 18.2 Å². The van der Waals surface area contributed by atoms with Crippen LogP contribution in [0.4, 0.5) is 0 Å². The van der Waals surface area contributed by atoms with E-state index in [0.717, 1.165) is 0 Å². The van der Waals surface area contributed by atoms with E-state index in [4.69, 9.17) is 24.8 Å². The van der Waals surface area contributed by atoms with Crippen molar-refractivity contribution in [2.45, 2.75) is 6.54 Å². The molecule has 0 amide bonds. The van der Waals surface area contributed by atoms with Crippen LogP contribution in [0.1, 0.15) is 0 Å². The molecule has 0 atom stereocenters. The molecule has 0 aliphatic heterocycles. The largest absolute Gasteiger partial charge is 0.480 e. The molecule has 2 rings (SSSR count). The maximum absolute atomic E-state index is 10.8. The molecular weight excluding hydrogens is 280 g/mol. The summed E-state index contributed by atoms with van der Waals surface area (Å²) >= 11 is 0. The van der Waals surface area contributed by atoms with Crippen LogP contribution in [0.5, 0.6) is 11.5 Å². The van der Waals surface area contributed by atoms with Crippen molar-refractivity contribution in [3.8, 4) is 22.8 Å². The van der Waals surface area contributed by atoms with Gasteiger partial charge in [0.1, 0.15) is 6.54 Å². The van der Waals surface area contributed by atoms with Gasteiger partial charge in [0.05, 0.1) is 18.2 Å². The number of nitrogens with zero attached hydrogens (tertiary/aromatic N) is 2. The van der Waals surface area contributed by atoms with Crippen molar-refractivity contribution in [2.24, 2.45) is 0 Å². The fourth-order valence-electron chi connectivity index (χ4n) is 1.87. The molecule has 0 radical (unpaired) electrons. The van der Waals surface area contributed by atoms with Crippen LogP contribution < -0.4 is 9.47 Å². The first-order valence-corrected chi connectivity index (χ1v) is 5.99. The quantitative estimate of drug-likeness (QED) is 0.629. The van der Waals surface area contributed by atoms with Crippen molar-refractivity contribution in [3.05, 3.63) is 30.7 Å². The average molecular weight is 294 g/mol. The molecule has 0 saturated heterocycles. The van der Waals surface area contributed by atoms with Crippen LogP contribution in [-0.2, 0) is 11.3 Å². The smallest absolute Gasteiger partial charge is 0.323 e. The second kappa shape index (κ2) is 6.73. The highest BCUT2D eigenvalue weighted by atomic mass is 16.6. The van der Waals surface area contributed by atoms with Crippen LogP contribution in [0.2, 0.25) is 0 Å². The van der Waals surface area contributed by atoms with E-state index in [1.165, 1.54) is 17.1 Å². The number of carboxylic acids is 1. The number of hydrogen-bond acceptors (Lipinski definition) is 6. The Morgan fingerprint density at radius 3 is 2.57 bits per heavy atom. The number of hydrogen-bond donors (Lipinski definition) is 3. The summed E-state index contributed by atoms with van der Waals surface area (Å²) in [5.41, 5.74) is 1.22. The molecule has 2 aromatic rings. The van der Waals surface area contributed by atoms with E-state index in [2.05, 4.69) is 4.98 Å². The molecule has 0 bridgehead atoms. The molecule has 1 heterocycles. The lowest BCUT2D eigenvalue weighted by molar-refractivity contribution is -0.137. The molecule has 0 spiro atoms. The van der Waals surface area contributed by atoms with Crippen LogP contribution in [-0.4, -0.2) is 44.4 Å². The minimum atomic E-state index is -0.985. The molecule has 1 aromatic carbocycles. The van der Waals surface area contributed by atoms with Crippen molar-refractivity contribution < 1.29 is 29.6 Å². The number of rotatable bonds is 7. The summed E-state index contributed by atoms with van der Waals surface area (Å²) in [5.74, 6) is -0.493. The van der Waals surface area contributed by atoms with Gasteiger partial charge in [-0.05, 0) is 18.2 Å². The molecular formula is C13H14N2O6. The third-order valence-electron chi connectivity index (χ3n) is 2.70. The summed E-state index contributed by atoms with van der Waals surface area (Å²) in [5, 5.41) is 26.5. The average Bonchev–Trinajstić information content (AvgIpc) is 2.88. The maximum Gasteiger partial charge on any atom is 0.323 e. The van der Waals surface area contributed by atoms with Gasteiger partial charge < -0.3 is 29.4 Å². The standard InChI is InChI=1S/C13H14N2O6/c16-7-20-11-2-1-9(3-12(11)21-8-17)10-4-14-6-15(10)5-13(18)19/h1-4,6,16-17H,5,7-8H2,(H,18,19). The van der Waals surface area contributed by atoms with Crippen LogP contribution in [0.15, 0.2) is 30.7 Å². The van der Waals surface area contributed by atoms with Crippen LogP contribution >= 0.6 is 0 Å². The van der Waals surface area contributed by atoms with E-state index < -0.39 is 19.6 Å². The van der Waals surface area contributed by atoms with Gasteiger partial charge in [0.15, 0.2) is 25.1 Å². The Hall–Kier alpha value is -2.58. The normalized spacial score (nSPS) is 10.4. The summed E-state index contributed by atoms with van der Waals surface area (Å²) < 4.78 is 11.4. The lowest BCUT2D eigenvalue weighted by Gasteiger charge is -2.12. The Kier molecular flexibility index (Phi) is 4.75. The predicted molar refractivity (Wildman–Crippen MR) is 70.7 cm³/mol. The Labute approximate surface area is 119 Å². The summed E-state index contributed by atoms with van der Waals surface area (Å²) in [4.78, 5) is 14.7. The molecule has 3 N–H and O–H groups in total. The number of aliphatic carboxylic acids is 1. The van der Waals surface area contributed by atoms with E-state index in [0.29, 0.717) is 11.3 Å². The molecule has 0 unspecified atom stereocenters. The van der Waals surface area contributed by atoms with Gasteiger partial charge in [-0.25, -0.2) is 4.98 Å². The fraction of sp³-hybridized carbons (Fsp3) is 0.231. The van der Waals surface area contributed by atoms with Gasteiger partial charge in [0.2, 0.25) is 0 Å². The van der Waals surface area contributed by atoms with E-state index in [9.17, 15) is 4.79 Å². The first kappa shape index (κ1) is 14.8. The van der Waals surface area contributed by atoms with Crippen LogP contribution in [0.3, 0.4) is 0 Å². The third-order valence-corrected chi connectivity index (χ3v) is 2.70. The van der Waals surface area contributed by atoms with Gasteiger partial charge in [-0.1, -0.05) is 0 Å². The predicted octanol–water partition coefficient (Wildman–Crippen LogP) is 0.292. The first-order chi connectivity index (χ1) is 10.2. The Balaban J connectivity index is 2.38. The third kappa shape index (κ3) is 3.50. The van der Waals surface area contributed by atoms with E-state index in [1.807, 2.05) is 0 Å². The molecule has 21 heavy (non-hydrogen) atoms. The van der Waals surface area contributed by atoms with Gasteiger partial charge in [-0.15, -0.1) is 0 Å². The summed E-state index contributed by atoms with van der Waals surface area (Å²) in [6.45, 7) is -1.31.